The molecule has 0 aliphatic carbocycles. The van der Waals surface area contributed by atoms with E-state index in [1.54, 1.807) is 30.3 Å². The van der Waals surface area contributed by atoms with Gasteiger partial charge in [-0.05, 0) is 42.4 Å². The highest BCUT2D eigenvalue weighted by molar-refractivity contribution is 7.80. The smallest absolute Gasteiger partial charge is 0.276 e. The number of ether oxygens (including phenoxy) is 2. The molecule has 148 valence electrons. The Kier molecular flexibility index (Phi) is 8.51. The standard InChI is InChI=1S/C19H20ClN3O4S/c1-26-15-8-4-5-9-16(15)27-12-18(25)22-23-19(28)21-17(24)11-10-13-6-2-3-7-14(13)20/h2-9H,10-12H2,1H3,(H,22,25)(H2,21,23,24,28). The molecule has 3 N–H and O–H groups in total. The predicted octanol–water partition coefficient (Wildman–Crippen LogP) is 2.38. The van der Waals surface area contributed by atoms with Gasteiger partial charge in [-0.3, -0.25) is 20.4 Å². The summed E-state index contributed by atoms with van der Waals surface area (Å²) in [6.45, 7) is -0.254. The summed E-state index contributed by atoms with van der Waals surface area (Å²) in [5, 5.41) is 3.07. The van der Waals surface area contributed by atoms with Crippen LogP contribution in [0.3, 0.4) is 0 Å². The van der Waals surface area contributed by atoms with Gasteiger partial charge in [0.1, 0.15) is 0 Å². The third kappa shape index (κ3) is 7.05. The zero-order valence-corrected chi connectivity index (χ0v) is 16.7. The molecule has 2 amide bonds. The van der Waals surface area contributed by atoms with Crippen molar-refractivity contribution in [2.24, 2.45) is 0 Å². The Morgan fingerprint density at radius 2 is 1.68 bits per heavy atom. The van der Waals surface area contributed by atoms with Gasteiger partial charge < -0.3 is 14.8 Å². The quantitative estimate of drug-likeness (QED) is 0.470. The van der Waals surface area contributed by atoms with Crippen LogP contribution >= 0.6 is 23.8 Å². The number of amides is 2. The van der Waals surface area contributed by atoms with Crippen LogP contribution in [0.15, 0.2) is 48.5 Å². The molecule has 0 radical (unpaired) electrons. The van der Waals surface area contributed by atoms with Crippen molar-refractivity contribution < 1.29 is 19.1 Å². The van der Waals surface area contributed by atoms with E-state index in [9.17, 15) is 9.59 Å². The van der Waals surface area contributed by atoms with Gasteiger partial charge in [0, 0.05) is 11.4 Å². The van der Waals surface area contributed by atoms with Crippen molar-refractivity contribution in [2.45, 2.75) is 12.8 Å². The van der Waals surface area contributed by atoms with E-state index in [2.05, 4.69) is 16.2 Å². The molecular formula is C19H20ClN3O4S. The first kappa shape index (κ1) is 21.5. The van der Waals surface area contributed by atoms with Crippen molar-refractivity contribution in [3.8, 4) is 11.5 Å². The number of carbonyl (C=O) groups excluding carboxylic acids is 2. The molecule has 7 nitrogen and oxygen atoms in total. The largest absolute Gasteiger partial charge is 0.493 e. The highest BCUT2D eigenvalue weighted by Gasteiger charge is 2.09. The lowest BCUT2D eigenvalue weighted by Gasteiger charge is -2.12. The molecule has 9 heteroatoms. The van der Waals surface area contributed by atoms with Crippen molar-refractivity contribution >= 4 is 40.7 Å². The normalized spacial score (nSPS) is 9.93. The summed E-state index contributed by atoms with van der Waals surface area (Å²) < 4.78 is 10.5. The van der Waals surface area contributed by atoms with E-state index in [0.29, 0.717) is 22.9 Å². The molecule has 0 spiro atoms. The average molecular weight is 422 g/mol. The van der Waals surface area contributed by atoms with Crippen molar-refractivity contribution in [1.29, 1.82) is 0 Å². The number of rotatable bonds is 7. The summed E-state index contributed by atoms with van der Waals surface area (Å²) in [4.78, 5) is 23.8. The topological polar surface area (TPSA) is 88.7 Å². The van der Waals surface area contributed by atoms with E-state index >= 15 is 0 Å². The van der Waals surface area contributed by atoms with E-state index in [4.69, 9.17) is 33.3 Å². The molecule has 2 rings (SSSR count). The fourth-order valence-corrected chi connectivity index (χ4v) is 2.61. The van der Waals surface area contributed by atoms with Crippen molar-refractivity contribution in [3.63, 3.8) is 0 Å². The van der Waals surface area contributed by atoms with Crippen molar-refractivity contribution in [3.05, 3.63) is 59.1 Å². The lowest BCUT2D eigenvalue weighted by molar-refractivity contribution is -0.124. The molecule has 2 aromatic rings. The molecule has 0 aliphatic heterocycles. The zero-order valence-electron chi connectivity index (χ0n) is 15.2. The number of thiocarbonyl (C=S) groups is 1. The lowest BCUT2D eigenvalue weighted by atomic mass is 10.1. The van der Waals surface area contributed by atoms with Crippen LogP contribution in [0.4, 0.5) is 0 Å². The van der Waals surface area contributed by atoms with Gasteiger partial charge in [-0.1, -0.05) is 41.9 Å². The Morgan fingerprint density at radius 3 is 2.39 bits per heavy atom. The summed E-state index contributed by atoms with van der Waals surface area (Å²) in [7, 11) is 1.51. The molecule has 0 atom stereocenters. The molecule has 0 aliphatic rings. The Balaban J connectivity index is 1.67. The van der Waals surface area contributed by atoms with Gasteiger partial charge in [0.2, 0.25) is 5.91 Å². The third-order valence-corrected chi connectivity index (χ3v) is 4.15. The molecule has 2 aromatic carbocycles. The van der Waals surface area contributed by atoms with Crippen LogP contribution in [0, 0.1) is 0 Å². The predicted molar refractivity (Wildman–Crippen MR) is 110 cm³/mol. The van der Waals surface area contributed by atoms with E-state index in [-0.39, 0.29) is 24.0 Å². The molecule has 28 heavy (non-hydrogen) atoms. The van der Waals surface area contributed by atoms with Gasteiger partial charge in [0.05, 0.1) is 7.11 Å². The van der Waals surface area contributed by atoms with Crippen LogP contribution in [0.25, 0.3) is 0 Å². The van der Waals surface area contributed by atoms with E-state index in [0.717, 1.165) is 5.56 Å². The Morgan fingerprint density at radius 1 is 1.00 bits per heavy atom. The molecular weight excluding hydrogens is 402 g/mol. The third-order valence-electron chi connectivity index (χ3n) is 3.58. The van der Waals surface area contributed by atoms with Crippen LogP contribution < -0.4 is 25.6 Å². The number of methoxy groups -OCH3 is 1. The second kappa shape index (κ2) is 11.1. The lowest BCUT2D eigenvalue weighted by Crippen LogP contribution is -2.49. The number of para-hydroxylation sites is 2. The van der Waals surface area contributed by atoms with Crippen LogP contribution in [0.2, 0.25) is 5.02 Å². The van der Waals surface area contributed by atoms with Crippen molar-refractivity contribution in [1.82, 2.24) is 16.2 Å². The Labute approximate surface area is 173 Å². The minimum absolute atomic E-state index is 0.0187. The van der Waals surface area contributed by atoms with Gasteiger partial charge in [-0.2, -0.15) is 0 Å². The van der Waals surface area contributed by atoms with Crippen molar-refractivity contribution in [2.75, 3.05) is 13.7 Å². The van der Waals surface area contributed by atoms with Gasteiger partial charge >= 0.3 is 0 Å². The molecule has 0 heterocycles. The summed E-state index contributed by atoms with van der Waals surface area (Å²) in [5.74, 6) is 0.190. The molecule has 0 aromatic heterocycles. The summed E-state index contributed by atoms with van der Waals surface area (Å²) in [5.41, 5.74) is 5.67. The highest BCUT2D eigenvalue weighted by atomic mass is 35.5. The van der Waals surface area contributed by atoms with Gasteiger partial charge in [-0.25, -0.2) is 0 Å². The second-order valence-electron chi connectivity index (χ2n) is 5.58. The first-order chi connectivity index (χ1) is 13.5. The van der Waals surface area contributed by atoms with Crippen LogP contribution in [0.5, 0.6) is 11.5 Å². The van der Waals surface area contributed by atoms with E-state index < -0.39 is 5.91 Å². The van der Waals surface area contributed by atoms with Crippen LogP contribution in [0.1, 0.15) is 12.0 Å². The fourth-order valence-electron chi connectivity index (χ4n) is 2.21. The van der Waals surface area contributed by atoms with Crippen LogP contribution in [-0.2, 0) is 16.0 Å². The van der Waals surface area contributed by atoms with Gasteiger partial charge in [0.25, 0.3) is 5.91 Å². The Bertz CT molecular complexity index is 847. The zero-order chi connectivity index (χ0) is 20.4. The number of hydrogen-bond donors (Lipinski definition) is 3. The second-order valence-corrected chi connectivity index (χ2v) is 6.40. The number of hydrogen-bond acceptors (Lipinski definition) is 5. The summed E-state index contributed by atoms with van der Waals surface area (Å²) >= 11 is 11.0. The number of benzene rings is 2. The number of nitrogens with one attached hydrogen (secondary N) is 3. The van der Waals surface area contributed by atoms with Gasteiger partial charge in [-0.15, -0.1) is 0 Å². The monoisotopic (exact) mass is 421 g/mol. The average Bonchev–Trinajstić information content (AvgIpc) is 2.70. The Hall–Kier alpha value is -2.84. The van der Waals surface area contributed by atoms with E-state index in [1.165, 1.54) is 7.11 Å². The van der Waals surface area contributed by atoms with E-state index in [1.807, 2.05) is 18.2 Å². The first-order valence-electron chi connectivity index (χ1n) is 8.37. The highest BCUT2D eigenvalue weighted by Crippen LogP contribution is 2.25. The summed E-state index contributed by atoms with van der Waals surface area (Å²) in [6.07, 6.45) is 0.684. The first-order valence-corrected chi connectivity index (χ1v) is 9.16. The summed E-state index contributed by atoms with van der Waals surface area (Å²) in [6, 6.07) is 14.3. The number of halogens is 1. The SMILES string of the molecule is COc1ccccc1OCC(=O)NNC(=S)NC(=O)CCc1ccccc1Cl. The maximum atomic E-state index is 11.9. The molecule has 0 fully saturated rings. The maximum Gasteiger partial charge on any atom is 0.276 e. The molecule has 0 saturated heterocycles. The van der Waals surface area contributed by atoms with Gasteiger partial charge in [0.15, 0.2) is 23.2 Å². The minimum Gasteiger partial charge on any atom is -0.493 e. The fraction of sp³-hybridized carbons (Fsp3) is 0.211. The molecule has 0 unspecified atom stereocenters. The number of carbonyl (C=O) groups is 2. The van der Waals surface area contributed by atoms with Crippen LogP contribution in [-0.4, -0.2) is 30.6 Å². The number of aryl methyl sites for hydroxylation is 1. The maximum absolute atomic E-state index is 11.9. The molecule has 0 saturated carbocycles. The minimum atomic E-state index is -0.474. The number of hydrazine groups is 1. The molecule has 0 bridgehead atoms.